The van der Waals surface area contributed by atoms with Crippen molar-refractivity contribution >= 4 is 15.9 Å². The van der Waals surface area contributed by atoms with Crippen LogP contribution in [0, 0.1) is 0 Å². The zero-order valence-electron chi connectivity index (χ0n) is 11.0. The molecule has 1 aromatic heterocycles. The standard InChI is InChI=1S/C11H18N4O3S/c1-7(2)8-10(19(12,17)18)9(14-13-8)11(16)15-5-3-4-6-15/h7H,3-6H2,1-2H3,(H,13,14)(H2,12,17,18). The van der Waals surface area contributed by atoms with Crippen molar-refractivity contribution in [3.63, 3.8) is 0 Å². The van der Waals surface area contributed by atoms with E-state index in [9.17, 15) is 13.2 Å². The Morgan fingerprint density at radius 2 is 1.95 bits per heavy atom. The lowest BCUT2D eigenvalue weighted by molar-refractivity contribution is 0.0783. The van der Waals surface area contributed by atoms with Crippen molar-refractivity contribution in [2.24, 2.45) is 5.14 Å². The van der Waals surface area contributed by atoms with Gasteiger partial charge in [0.05, 0.1) is 5.69 Å². The molecule has 106 valence electrons. The minimum absolute atomic E-state index is 0.0897. The van der Waals surface area contributed by atoms with Crippen molar-refractivity contribution < 1.29 is 13.2 Å². The lowest BCUT2D eigenvalue weighted by Crippen LogP contribution is -2.30. The average Bonchev–Trinajstić information content (AvgIpc) is 2.96. The highest BCUT2D eigenvalue weighted by Crippen LogP contribution is 2.25. The van der Waals surface area contributed by atoms with Crippen LogP contribution >= 0.6 is 0 Å². The molecule has 2 heterocycles. The van der Waals surface area contributed by atoms with E-state index in [0.29, 0.717) is 18.8 Å². The van der Waals surface area contributed by atoms with Gasteiger partial charge in [-0.25, -0.2) is 13.6 Å². The molecule has 2 rings (SSSR count). The van der Waals surface area contributed by atoms with E-state index in [2.05, 4.69) is 10.2 Å². The summed E-state index contributed by atoms with van der Waals surface area (Å²) < 4.78 is 23.4. The van der Waals surface area contributed by atoms with Gasteiger partial charge in [0.2, 0.25) is 10.0 Å². The third kappa shape index (κ3) is 2.64. The van der Waals surface area contributed by atoms with Gasteiger partial charge in [0.25, 0.3) is 5.91 Å². The molecule has 1 aromatic rings. The van der Waals surface area contributed by atoms with Gasteiger partial charge in [0.15, 0.2) is 5.69 Å². The quantitative estimate of drug-likeness (QED) is 0.839. The number of primary sulfonamides is 1. The molecule has 0 spiro atoms. The largest absolute Gasteiger partial charge is 0.337 e. The fourth-order valence-electron chi connectivity index (χ4n) is 2.24. The summed E-state index contributed by atoms with van der Waals surface area (Å²) in [6.07, 6.45) is 1.86. The zero-order valence-corrected chi connectivity index (χ0v) is 11.8. The molecule has 1 fully saturated rings. The molecule has 8 heteroatoms. The summed E-state index contributed by atoms with van der Waals surface area (Å²) in [7, 11) is -3.98. The first-order chi connectivity index (χ1) is 8.82. The van der Waals surface area contributed by atoms with E-state index in [1.807, 2.05) is 13.8 Å². The van der Waals surface area contributed by atoms with Gasteiger partial charge in [-0.1, -0.05) is 13.8 Å². The van der Waals surface area contributed by atoms with E-state index in [1.165, 1.54) is 0 Å². The Hall–Kier alpha value is -1.41. The van der Waals surface area contributed by atoms with Gasteiger partial charge in [-0.2, -0.15) is 5.10 Å². The third-order valence-electron chi connectivity index (χ3n) is 3.21. The number of hydrogen-bond acceptors (Lipinski definition) is 4. The highest BCUT2D eigenvalue weighted by atomic mass is 32.2. The number of nitrogens with two attached hydrogens (primary N) is 1. The van der Waals surface area contributed by atoms with Crippen LogP contribution in [0.2, 0.25) is 0 Å². The Balaban J connectivity index is 2.49. The molecular formula is C11H18N4O3S. The summed E-state index contributed by atoms with van der Waals surface area (Å²) >= 11 is 0. The smallest absolute Gasteiger partial charge is 0.275 e. The number of aromatic nitrogens is 2. The Morgan fingerprint density at radius 1 is 1.37 bits per heavy atom. The highest BCUT2D eigenvalue weighted by Gasteiger charge is 2.31. The zero-order chi connectivity index (χ0) is 14.2. The molecule has 1 aliphatic rings. The number of aromatic amines is 1. The number of rotatable bonds is 3. The normalized spacial score (nSPS) is 16.3. The van der Waals surface area contributed by atoms with Crippen molar-refractivity contribution in [1.82, 2.24) is 15.1 Å². The minimum Gasteiger partial charge on any atom is -0.337 e. The van der Waals surface area contributed by atoms with Gasteiger partial charge >= 0.3 is 0 Å². The van der Waals surface area contributed by atoms with Gasteiger partial charge in [-0.3, -0.25) is 9.89 Å². The second-order valence-electron chi connectivity index (χ2n) is 5.01. The van der Waals surface area contributed by atoms with Crippen molar-refractivity contribution in [3.8, 4) is 0 Å². The van der Waals surface area contributed by atoms with E-state index < -0.39 is 10.0 Å². The van der Waals surface area contributed by atoms with Gasteiger partial charge in [-0.05, 0) is 18.8 Å². The monoisotopic (exact) mass is 286 g/mol. The molecule has 3 N–H and O–H groups in total. The second-order valence-corrected chi connectivity index (χ2v) is 6.51. The van der Waals surface area contributed by atoms with Gasteiger partial charge in [-0.15, -0.1) is 0 Å². The molecule has 0 radical (unpaired) electrons. The number of H-pyrrole nitrogens is 1. The van der Waals surface area contributed by atoms with Crippen LogP contribution in [0.5, 0.6) is 0 Å². The first-order valence-corrected chi connectivity index (χ1v) is 7.77. The number of carbonyl (C=O) groups is 1. The summed E-state index contributed by atoms with van der Waals surface area (Å²) in [4.78, 5) is 13.7. The van der Waals surface area contributed by atoms with E-state index in [4.69, 9.17) is 5.14 Å². The summed E-state index contributed by atoms with van der Waals surface area (Å²) in [5, 5.41) is 11.7. The average molecular weight is 286 g/mol. The predicted octanol–water partition coefficient (Wildman–Crippen LogP) is 0.417. The molecule has 1 aliphatic heterocycles. The number of sulfonamides is 1. The van der Waals surface area contributed by atoms with Crippen LogP contribution < -0.4 is 5.14 Å². The molecule has 0 bridgehead atoms. The Labute approximate surface area is 112 Å². The van der Waals surface area contributed by atoms with Crippen molar-refractivity contribution in [3.05, 3.63) is 11.4 Å². The first-order valence-electron chi connectivity index (χ1n) is 6.22. The van der Waals surface area contributed by atoms with E-state index in [-0.39, 0.29) is 22.4 Å². The number of nitrogens with one attached hydrogen (secondary N) is 1. The van der Waals surface area contributed by atoms with E-state index in [1.54, 1.807) is 4.90 Å². The molecule has 0 atom stereocenters. The third-order valence-corrected chi connectivity index (χ3v) is 4.19. The fraction of sp³-hybridized carbons (Fsp3) is 0.636. The molecule has 0 aliphatic carbocycles. The highest BCUT2D eigenvalue weighted by molar-refractivity contribution is 7.89. The maximum Gasteiger partial charge on any atom is 0.275 e. The lowest BCUT2D eigenvalue weighted by Gasteiger charge is -2.14. The maximum absolute atomic E-state index is 12.3. The van der Waals surface area contributed by atoms with E-state index in [0.717, 1.165) is 12.8 Å². The van der Waals surface area contributed by atoms with Crippen LogP contribution in [-0.4, -0.2) is 42.5 Å². The van der Waals surface area contributed by atoms with Crippen LogP contribution in [0.3, 0.4) is 0 Å². The molecule has 1 amide bonds. The van der Waals surface area contributed by atoms with Crippen LogP contribution in [0.1, 0.15) is 48.8 Å². The number of amides is 1. The molecule has 0 aromatic carbocycles. The SMILES string of the molecule is CC(C)c1[nH]nc(C(=O)N2CCCC2)c1S(N)(=O)=O. The maximum atomic E-state index is 12.3. The Morgan fingerprint density at radius 3 is 2.42 bits per heavy atom. The van der Waals surface area contributed by atoms with Crippen molar-refractivity contribution in [1.29, 1.82) is 0 Å². The summed E-state index contributed by atoms with van der Waals surface area (Å²) in [5.41, 5.74) is 0.290. The minimum atomic E-state index is -3.98. The topological polar surface area (TPSA) is 109 Å². The fourth-order valence-corrected chi connectivity index (χ4v) is 3.23. The molecule has 19 heavy (non-hydrogen) atoms. The van der Waals surface area contributed by atoms with E-state index >= 15 is 0 Å². The molecule has 0 saturated carbocycles. The molecule has 1 saturated heterocycles. The van der Waals surface area contributed by atoms with Crippen molar-refractivity contribution in [2.75, 3.05) is 13.1 Å². The number of nitrogens with zero attached hydrogens (tertiary/aromatic N) is 2. The Bertz CT molecular complexity index is 585. The summed E-state index contributed by atoms with van der Waals surface area (Å²) in [6, 6.07) is 0. The predicted molar refractivity (Wildman–Crippen MR) is 69.2 cm³/mol. The van der Waals surface area contributed by atoms with Gasteiger partial charge in [0, 0.05) is 13.1 Å². The molecule has 7 nitrogen and oxygen atoms in total. The summed E-state index contributed by atoms with van der Waals surface area (Å²) in [5.74, 6) is -0.481. The first kappa shape index (κ1) is 14.0. The van der Waals surface area contributed by atoms with Gasteiger partial charge < -0.3 is 4.90 Å². The number of likely N-dealkylation sites (tertiary alicyclic amines) is 1. The van der Waals surface area contributed by atoms with Gasteiger partial charge in [0.1, 0.15) is 4.90 Å². The Kier molecular flexibility index (Phi) is 3.64. The number of hydrogen-bond donors (Lipinski definition) is 2. The second kappa shape index (κ2) is 4.93. The molecular weight excluding hydrogens is 268 g/mol. The van der Waals surface area contributed by atoms with Crippen LogP contribution in [0.4, 0.5) is 0 Å². The molecule has 0 unspecified atom stereocenters. The van der Waals surface area contributed by atoms with Crippen molar-refractivity contribution in [2.45, 2.75) is 37.5 Å². The lowest BCUT2D eigenvalue weighted by atomic mass is 10.1. The number of carbonyl (C=O) groups excluding carboxylic acids is 1. The van der Waals surface area contributed by atoms with Crippen LogP contribution in [0.15, 0.2) is 4.90 Å². The van der Waals surface area contributed by atoms with Crippen LogP contribution in [-0.2, 0) is 10.0 Å². The summed E-state index contributed by atoms with van der Waals surface area (Å²) in [6.45, 7) is 4.89. The van der Waals surface area contributed by atoms with Crippen LogP contribution in [0.25, 0.3) is 0 Å².